The molecule has 0 saturated heterocycles. The van der Waals surface area contributed by atoms with E-state index >= 15 is 0 Å². The molecule has 0 aliphatic rings. The average Bonchev–Trinajstić information content (AvgIpc) is 3.59. The Balaban J connectivity index is 1.41. The fourth-order valence-electron chi connectivity index (χ4n) is 3.62. The lowest BCUT2D eigenvalue weighted by Gasteiger charge is -2.15. The molecule has 0 bridgehead atoms. The third-order valence-electron chi connectivity index (χ3n) is 5.57. The number of hydrogen-bond donors (Lipinski definition) is 2. The van der Waals surface area contributed by atoms with Gasteiger partial charge in [-0.05, 0) is 60.4 Å². The largest absolute Gasteiger partial charge is 0.485 e. The van der Waals surface area contributed by atoms with Crippen LogP contribution in [0.3, 0.4) is 0 Å². The smallest absolute Gasteiger partial charge is 0.291 e. The Labute approximate surface area is 213 Å². The van der Waals surface area contributed by atoms with Gasteiger partial charge in [0.05, 0.1) is 24.7 Å². The number of carbonyl (C=O) groups is 2. The fraction of sp³-hybridized carbons (Fsp3) is 0.269. The van der Waals surface area contributed by atoms with Crippen LogP contribution in [-0.4, -0.2) is 21.6 Å². The number of nitrogens with zero attached hydrogens (tertiary/aromatic N) is 2. The lowest BCUT2D eigenvalue weighted by atomic mass is 10.0. The van der Waals surface area contributed by atoms with Crippen molar-refractivity contribution in [2.24, 2.45) is 7.05 Å². The van der Waals surface area contributed by atoms with Gasteiger partial charge in [-0.2, -0.15) is 5.10 Å². The number of amides is 2. The minimum absolute atomic E-state index is 0.0794. The Bertz CT molecular complexity index is 1370. The van der Waals surface area contributed by atoms with Gasteiger partial charge < -0.3 is 24.2 Å². The first-order valence-corrected chi connectivity index (χ1v) is 11.8. The second kappa shape index (κ2) is 10.7. The fourth-order valence-corrected chi connectivity index (χ4v) is 3.79. The summed E-state index contributed by atoms with van der Waals surface area (Å²) in [4.78, 5) is 25.5. The number of halogens is 1. The summed E-state index contributed by atoms with van der Waals surface area (Å²) < 4.78 is 18.3. The molecule has 36 heavy (non-hydrogen) atoms. The molecule has 4 aromatic rings. The van der Waals surface area contributed by atoms with E-state index in [4.69, 9.17) is 25.2 Å². The molecule has 0 saturated carbocycles. The highest BCUT2D eigenvalue weighted by Gasteiger charge is 2.21. The normalized spacial score (nSPS) is 11.1. The van der Waals surface area contributed by atoms with Crippen molar-refractivity contribution < 1.29 is 23.2 Å². The molecule has 0 aliphatic heterocycles. The van der Waals surface area contributed by atoms with E-state index in [-0.39, 0.29) is 36.2 Å². The lowest BCUT2D eigenvalue weighted by Crippen LogP contribution is -2.26. The maximum absolute atomic E-state index is 12.8. The number of furan rings is 2. The van der Waals surface area contributed by atoms with Crippen molar-refractivity contribution in [3.63, 3.8) is 0 Å². The van der Waals surface area contributed by atoms with Gasteiger partial charge >= 0.3 is 0 Å². The van der Waals surface area contributed by atoms with E-state index in [1.54, 1.807) is 31.3 Å². The summed E-state index contributed by atoms with van der Waals surface area (Å²) in [6.07, 6.45) is 2.93. The van der Waals surface area contributed by atoms with Gasteiger partial charge in [-0.15, -0.1) is 0 Å². The molecule has 2 amide bonds. The third kappa shape index (κ3) is 5.63. The summed E-state index contributed by atoms with van der Waals surface area (Å²) in [5, 5.41) is 10.2. The molecule has 3 heterocycles. The monoisotopic (exact) mass is 510 g/mol. The van der Waals surface area contributed by atoms with Crippen LogP contribution in [0.4, 0.5) is 5.69 Å². The van der Waals surface area contributed by atoms with Crippen molar-refractivity contribution in [1.29, 1.82) is 0 Å². The summed E-state index contributed by atoms with van der Waals surface area (Å²) >= 11 is 6.27. The zero-order valence-corrected chi connectivity index (χ0v) is 21.2. The molecule has 0 unspecified atom stereocenters. The van der Waals surface area contributed by atoms with Crippen molar-refractivity contribution in [3.8, 4) is 5.75 Å². The molecule has 0 aliphatic carbocycles. The molecule has 10 heteroatoms. The molecule has 4 rings (SSSR count). The van der Waals surface area contributed by atoms with E-state index in [2.05, 4.69) is 29.6 Å². The van der Waals surface area contributed by atoms with E-state index in [1.165, 1.54) is 17.1 Å². The van der Waals surface area contributed by atoms with E-state index in [1.807, 2.05) is 19.1 Å². The first kappa shape index (κ1) is 25.1. The standard InChI is InChI=1S/C26H27ClN4O5/c1-15(2)19-11-20(27)16(3)10-23(19)35-14-18-7-8-22(36-18)25(32)30-21-13-29-31(4)24(21)26(33)28-12-17-6-5-9-34-17/h5-11,13,15H,12,14H2,1-4H3,(H,28,33)(H,30,32). The molecular weight excluding hydrogens is 484 g/mol. The molecule has 0 fully saturated rings. The number of hydrogen-bond acceptors (Lipinski definition) is 6. The summed E-state index contributed by atoms with van der Waals surface area (Å²) in [5.41, 5.74) is 2.36. The van der Waals surface area contributed by atoms with Crippen LogP contribution in [-0.2, 0) is 20.2 Å². The highest BCUT2D eigenvalue weighted by atomic mass is 35.5. The Morgan fingerprint density at radius 2 is 1.97 bits per heavy atom. The summed E-state index contributed by atoms with van der Waals surface area (Å²) in [6.45, 7) is 6.39. The van der Waals surface area contributed by atoms with Crippen LogP contribution >= 0.6 is 11.6 Å². The van der Waals surface area contributed by atoms with Gasteiger partial charge in [-0.3, -0.25) is 14.3 Å². The minimum atomic E-state index is -0.514. The average molecular weight is 511 g/mol. The maximum Gasteiger partial charge on any atom is 0.291 e. The highest BCUT2D eigenvalue weighted by Crippen LogP contribution is 2.32. The molecule has 3 aromatic heterocycles. The quantitative estimate of drug-likeness (QED) is 0.309. The van der Waals surface area contributed by atoms with Gasteiger partial charge in [0.25, 0.3) is 11.8 Å². The van der Waals surface area contributed by atoms with Crippen LogP contribution in [0.5, 0.6) is 5.75 Å². The highest BCUT2D eigenvalue weighted by molar-refractivity contribution is 6.31. The molecule has 1 aromatic carbocycles. The molecule has 188 valence electrons. The number of benzene rings is 1. The second-order valence-corrected chi connectivity index (χ2v) is 9.00. The van der Waals surface area contributed by atoms with Crippen LogP contribution in [0, 0.1) is 6.92 Å². The predicted molar refractivity (Wildman–Crippen MR) is 134 cm³/mol. The Morgan fingerprint density at radius 3 is 2.69 bits per heavy atom. The van der Waals surface area contributed by atoms with Crippen LogP contribution < -0.4 is 15.4 Å². The number of anilines is 1. The topological polar surface area (TPSA) is 112 Å². The number of aryl methyl sites for hydroxylation is 2. The zero-order chi connectivity index (χ0) is 25.8. The summed E-state index contributed by atoms with van der Waals surface area (Å²) in [6, 6.07) is 10.5. The van der Waals surface area contributed by atoms with Crippen LogP contribution in [0.25, 0.3) is 0 Å². The molecule has 2 N–H and O–H groups in total. The lowest BCUT2D eigenvalue weighted by molar-refractivity contribution is 0.0939. The number of rotatable bonds is 9. The van der Waals surface area contributed by atoms with Crippen molar-refractivity contribution >= 4 is 29.1 Å². The van der Waals surface area contributed by atoms with Gasteiger partial charge in [0.1, 0.15) is 29.6 Å². The van der Waals surface area contributed by atoms with Gasteiger partial charge in [0.2, 0.25) is 0 Å². The summed E-state index contributed by atoms with van der Waals surface area (Å²) in [7, 11) is 1.61. The third-order valence-corrected chi connectivity index (χ3v) is 5.98. The van der Waals surface area contributed by atoms with Crippen molar-refractivity contribution in [2.45, 2.75) is 39.8 Å². The number of nitrogens with one attached hydrogen (secondary N) is 2. The maximum atomic E-state index is 12.8. The molecule has 0 atom stereocenters. The van der Waals surface area contributed by atoms with E-state index in [0.717, 1.165) is 16.9 Å². The minimum Gasteiger partial charge on any atom is -0.485 e. The Kier molecular flexibility index (Phi) is 7.49. The first-order chi connectivity index (χ1) is 17.2. The molecule has 9 nitrogen and oxygen atoms in total. The zero-order valence-electron chi connectivity index (χ0n) is 20.4. The second-order valence-electron chi connectivity index (χ2n) is 8.60. The first-order valence-electron chi connectivity index (χ1n) is 11.4. The van der Waals surface area contributed by atoms with Crippen LogP contribution in [0.1, 0.15) is 63.5 Å². The van der Waals surface area contributed by atoms with Crippen molar-refractivity contribution in [1.82, 2.24) is 15.1 Å². The summed E-state index contributed by atoms with van der Waals surface area (Å²) in [5.74, 6) is 1.18. The SMILES string of the molecule is Cc1cc(OCc2ccc(C(=O)Nc3cnn(C)c3C(=O)NCc3ccco3)o2)c(C(C)C)cc1Cl. The van der Waals surface area contributed by atoms with E-state index in [0.29, 0.717) is 16.5 Å². The van der Waals surface area contributed by atoms with Gasteiger partial charge in [-0.25, -0.2) is 0 Å². The Morgan fingerprint density at radius 1 is 1.17 bits per heavy atom. The van der Waals surface area contributed by atoms with Gasteiger partial charge in [0.15, 0.2) is 5.76 Å². The predicted octanol–water partition coefficient (Wildman–Crippen LogP) is 5.45. The van der Waals surface area contributed by atoms with E-state index in [9.17, 15) is 9.59 Å². The number of ether oxygens (including phenoxy) is 1. The number of carbonyl (C=O) groups excluding carboxylic acids is 2. The molecular formula is C26H27ClN4O5. The van der Waals surface area contributed by atoms with Gasteiger partial charge in [0, 0.05) is 12.1 Å². The van der Waals surface area contributed by atoms with E-state index < -0.39 is 11.8 Å². The van der Waals surface area contributed by atoms with Gasteiger partial charge in [-0.1, -0.05) is 25.4 Å². The van der Waals surface area contributed by atoms with Crippen molar-refractivity contribution in [3.05, 3.63) is 88.0 Å². The number of aromatic nitrogens is 2. The molecule has 0 spiro atoms. The van der Waals surface area contributed by atoms with Crippen LogP contribution in [0.2, 0.25) is 5.02 Å². The van der Waals surface area contributed by atoms with Crippen molar-refractivity contribution in [2.75, 3.05) is 5.32 Å². The molecule has 0 radical (unpaired) electrons. The Hall–Kier alpha value is -3.98. The van der Waals surface area contributed by atoms with Crippen LogP contribution in [0.15, 0.2) is 57.7 Å².